The normalized spacial score (nSPS) is 19.6. The number of nitriles is 1. The summed E-state index contributed by atoms with van der Waals surface area (Å²) in [5, 5.41) is 20.4. The zero-order chi connectivity index (χ0) is 25.5. The number of benzene rings is 1. The molecule has 0 aliphatic carbocycles. The molecule has 2 aromatic rings. The Morgan fingerprint density at radius 3 is 2.24 bits per heavy atom. The lowest BCUT2D eigenvalue weighted by Crippen LogP contribution is -2.52. The fourth-order valence-corrected chi connectivity index (χ4v) is 4.27. The minimum atomic E-state index is -3.87. The van der Waals surface area contributed by atoms with Crippen LogP contribution in [0, 0.1) is 11.3 Å². The van der Waals surface area contributed by atoms with Crippen molar-refractivity contribution in [2.24, 2.45) is 0 Å². The Hall–Kier alpha value is -2.76. The highest BCUT2D eigenvalue weighted by Gasteiger charge is 2.44. The fourth-order valence-electron chi connectivity index (χ4n) is 3.59. The van der Waals surface area contributed by atoms with Gasteiger partial charge >= 0.3 is 0 Å². The third-order valence-corrected chi connectivity index (χ3v) is 6.35. The minimum Gasteiger partial charge on any atom is -0.485 e. The van der Waals surface area contributed by atoms with Crippen molar-refractivity contribution in [1.82, 2.24) is 4.57 Å². The molecule has 0 fully saturated rings. The molecule has 2 heterocycles. The maximum Gasteiger partial charge on any atom is 0.264 e. The van der Waals surface area contributed by atoms with Gasteiger partial charge in [-0.2, -0.15) is 22.1 Å². The van der Waals surface area contributed by atoms with Gasteiger partial charge < -0.3 is 14.4 Å². The van der Waals surface area contributed by atoms with E-state index < -0.39 is 56.8 Å². The van der Waals surface area contributed by atoms with Gasteiger partial charge in [0.05, 0.1) is 43.4 Å². The molecule has 0 unspecified atom stereocenters. The van der Waals surface area contributed by atoms with E-state index in [1.54, 1.807) is 26.0 Å². The van der Waals surface area contributed by atoms with Gasteiger partial charge in [0.25, 0.3) is 25.8 Å². The second-order valence-electron chi connectivity index (χ2n) is 8.46. The summed E-state index contributed by atoms with van der Waals surface area (Å²) in [5.41, 5.74) is -0.822. The largest absolute Gasteiger partial charge is 0.485 e. The Morgan fingerprint density at radius 1 is 1.09 bits per heavy atom. The van der Waals surface area contributed by atoms with Crippen molar-refractivity contribution < 1.29 is 35.0 Å². The third kappa shape index (κ3) is 5.83. The van der Waals surface area contributed by atoms with E-state index in [2.05, 4.69) is 0 Å². The van der Waals surface area contributed by atoms with Crippen molar-refractivity contribution in [3.63, 3.8) is 0 Å². The van der Waals surface area contributed by atoms with Crippen molar-refractivity contribution >= 4 is 20.2 Å². The molecular weight excluding hydrogens is 488 g/mol. The lowest BCUT2D eigenvalue weighted by Gasteiger charge is -2.42. The average Bonchev–Trinajstić information content (AvgIpc) is 2.71. The summed E-state index contributed by atoms with van der Waals surface area (Å²) in [4.78, 5) is 13.1. The van der Waals surface area contributed by atoms with Crippen molar-refractivity contribution in [1.29, 1.82) is 5.26 Å². The standard InChI is InChI=1S/C21H24N2O9S2/c1-21(2)20(25)19(16-7-13(9-22)5-6-17(16)32-21)23-10-15(12-31-34(4,28)29)14(8-18(23)24)11-30-33(3,26)27/h5-8,10,19-20,25H,11-12H2,1-4H3/t19-,20+/m1/s1. The first-order chi connectivity index (χ1) is 15.6. The molecule has 0 radical (unpaired) electrons. The van der Waals surface area contributed by atoms with Crippen molar-refractivity contribution in [2.75, 3.05) is 12.5 Å². The number of aliphatic hydroxyl groups excluding tert-OH is 1. The summed E-state index contributed by atoms with van der Waals surface area (Å²) < 4.78 is 62.7. The highest BCUT2D eigenvalue weighted by molar-refractivity contribution is 7.86. The molecule has 0 amide bonds. The van der Waals surface area contributed by atoms with Crippen LogP contribution in [0.25, 0.3) is 0 Å². The maximum atomic E-state index is 13.1. The second-order valence-corrected chi connectivity index (χ2v) is 11.7. The molecule has 0 spiro atoms. The van der Waals surface area contributed by atoms with E-state index in [9.17, 15) is 32.0 Å². The number of ether oxygens (including phenoxy) is 1. The molecule has 3 rings (SSSR count). The van der Waals surface area contributed by atoms with E-state index in [1.165, 1.54) is 16.8 Å². The molecule has 1 aromatic carbocycles. The van der Waals surface area contributed by atoms with E-state index in [4.69, 9.17) is 13.1 Å². The third-order valence-electron chi connectivity index (χ3n) is 5.26. The topological polar surface area (TPSA) is 162 Å². The summed E-state index contributed by atoms with van der Waals surface area (Å²) in [5.74, 6) is 0.365. The summed E-state index contributed by atoms with van der Waals surface area (Å²) in [7, 11) is -7.72. The lowest BCUT2D eigenvalue weighted by molar-refractivity contribution is -0.0643. The summed E-state index contributed by atoms with van der Waals surface area (Å²) in [6.07, 6.45) is 1.73. The molecule has 34 heavy (non-hydrogen) atoms. The molecule has 184 valence electrons. The summed E-state index contributed by atoms with van der Waals surface area (Å²) in [6.45, 7) is 2.25. The Bertz CT molecular complexity index is 1420. The van der Waals surface area contributed by atoms with Gasteiger partial charge in [-0.1, -0.05) is 0 Å². The Kier molecular flexibility index (Phi) is 6.94. The monoisotopic (exact) mass is 512 g/mol. The highest BCUT2D eigenvalue weighted by Crippen LogP contribution is 2.42. The predicted molar refractivity (Wildman–Crippen MR) is 120 cm³/mol. The first kappa shape index (κ1) is 25.9. The molecule has 1 aromatic heterocycles. The van der Waals surface area contributed by atoms with Gasteiger partial charge in [-0.3, -0.25) is 13.2 Å². The van der Waals surface area contributed by atoms with Crippen LogP contribution in [0.5, 0.6) is 5.75 Å². The van der Waals surface area contributed by atoms with Crippen molar-refractivity contribution in [2.45, 2.75) is 44.8 Å². The SMILES string of the molecule is CC1(C)Oc2ccc(C#N)cc2[C@@H](n2cc(COS(C)(=O)=O)c(COS(C)(=O)=O)cc2=O)[C@@H]1O. The molecule has 11 nitrogen and oxygen atoms in total. The van der Waals surface area contributed by atoms with Crippen LogP contribution >= 0.6 is 0 Å². The van der Waals surface area contributed by atoms with Crippen LogP contribution in [-0.4, -0.2) is 50.7 Å². The zero-order valence-corrected chi connectivity index (χ0v) is 20.5. The Morgan fingerprint density at radius 2 is 1.68 bits per heavy atom. The van der Waals surface area contributed by atoms with E-state index in [-0.39, 0.29) is 16.7 Å². The molecule has 1 aliphatic rings. The van der Waals surface area contributed by atoms with Crippen LogP contribution in [0.15, 0.2) is 35.3 Å². The molecule has 0 bridgehead atoms. The van der Waals surface area contributed by atoms with E-state index in [1.807, 2.05) is 6.07 Å². The summed E-state index contributed by atoms with van der Waals surface area (Å²) in [6, 6.07) is 6.71. The number of hydrogen-bond acceptors (Lipinski definition) is 10. The first-order valence-electron chi connectivity index (χ1n) is 9.95. The maximum absolute atomic E-state index is 13.1. The lowest BCUT2D eigenvalue weighted by atomic mass is 9.85. The van der Waals surface area contributed by atoms with Crippen LogP contribution in [0.1, 0.15) is 42.1 Å². The quantitative estimate of drug-likeness (QED) is 0.525. The number of fused-ring (bicyclic) bond motifs is 1. The number of nitrogens with zero attached hydrogens (tertiary/aromatic N) is 2. The Labute approximate surface area is 197 Å². The van der Waals surface area contributed by atoms with Gasteiger partial charge in [-0.25, -0.2) is 0 Å². The smallest absolute Gasteiger partial charge is 0.264 e. The van der Waals surface area contributed by atoms with Gasteiger partial charge in [-0.15, -0.1) is 0 Å². The van der Waals surface area contributed by atoms with Crippen molar-refractivity contribution in [3.05, 3.63) is 63.1 Å². The van der Waals surface area contributed by atoms with Gasteiger partial charge in [0.1, 0.15) is 17.5 Å². The van der Waals surface area contributed by atoms with Crippen LogP contribution in [0.4, 0.5) is 0 Å². The van der Waals surface area contributed by atoms with E-state index >= 15 is 0 Å². The number of rotatable bonds is 7. The molecule has 1 N–H and O–H groups in total. The van der Waals surface area contributed by atoms with Crippen LogP contribution in [-0.2, 0) is 41.8 Å². The zero-order valence-electron chi connectivity index (χ0n) is 18.9. The predicted octanol–water partition coefficient (Wildman–Crippen LogP) is 0.794. The van der Waals surface area contributed by atoms with Crippen LogP contribution < -0.4 is 10.3 Å². The van der Waals surface area contributed by atoms with E-state index in [0.29, 0.717) is 11.3 Å². The van der Waals surface area contributed by atoms with Gasteiger partial charge in [0.2, 0.25) is 0 Å². The first-order valence-corrected chi connectivity index (χ1v) is 13.6. The minimum absolute atomic E-state index is 0.0992. The van der Waals surface area contributed by atoms with Crippen LogP contribution in [0.2, 0.25) is 0 Å². The van der Waals surface area contributed by atoms with E-state index in [0.717, 1.165) is 18.6 Å². The highest BCUT2D eigenvalue weighted by atomic mass is 32.2. The fraction of sp³-hybridized carbons (Fsp3) is 0.429. The van der Waals surface area contributed by atoms with Crippen molar-refractivity contribution in [3.8, 4) is 11.8 Å². The second kappa shape index (κ2) is 9.12. The molecule has 13 heteroatoms. The Balaban J connectivity index is 2.20. The molecule has 0 saturated carbocycles. The average molecular weight is 513 g/mol. The number of aliphatic hydroxyl groups is 1. The number of aromatic nitrogens is 1. The van der Waals surface area contributed by atoms with Gasteiger partial charge in [-0.05, 0) is 37.6 Å². The molecule has 1 aliphatic heterocycles. The van der Waals surface area contributed by atoms with Crippen LogP contribution in [0.3, 0.4) is 0 Å². The number of pyridine rings is 1. The van der Waals surface area contributed by atoms with Gasteiger partial charge in [0, 0.05) is 23.4 Å². The van der Waals surface area contributed by atoms with Gasteiger partial charge in [0.15, 0.2) is 0 Å². The molecule has 0 saturated heterocycles. The summed E-state index contributed by atoms with van der Waals surface area (Å²) >= 11 is 0. The molecule has 2 atom stereocenters. The number of hydrogen-bond donors (Lipinski definition) is 1. The molecular formula is C21H24N2O9S2.